The number of hydrogen-bond acceptors (Lipinski definition) is 9. The minimum Gasteiger partial charge on any atom is -0.342 e. The van der Waals surface area contributed by atoms with E-state index >= 15 is 0 Å². The van der Waals surface area contributed by atoms with Crippen molar-refractivity contribution in [2.24, 2.45) is 5.16 Å². The Hall–Kier alpha value is -4.80. The molecule has 0 radical (unpaired) electrons. The standard InChI is InChI=1S/C47H53NO8/c1-6-10-26-52-46(53-27-11-7-2)39-20-16-14-18-35(39)37-24-22-33(30-41(37)46)44(50)43(48-56-32(5)49)45(51)34-23-25-38-36-19-15-17-21-40(36)47(42(38)31-34,54-28-12-8-3)55-29-13-9-4/h14-25,30-31H,6-13,26-29H2,1-5H3. The van der Waals surface area contributed by atoms with Crippen LogP contribution in [0.2, 0.25) is 0 Å². The highest BCUT2D eigenvalue weighted by molar-refractivity contribution is 6.71. The zero-order chi connectivity index (χ0) is 39.7. The molecule has 0 fully saturated rings. The zero-order valence-corrected chi connectivity index (χ0v) is 33.3. The van der Waals surface area contributed by atoms with Crippen LogP contribution in [0.1, 0.15) is 129 Å². The monoisotopic (exact) mass is 759 g/mol. The number of hydrogen-bond donors (Lipinski definition) is 0. The molecule has 0 N–H and O–H groups in total. The van der Waals surface area contributed by atoms with Crippen molar-refractivity contribution in [2.75, 3.05) is 26.4 Å². The van der Waals surface area contributed by atoms with Crippen LogP contribution >= 0.6 is 0 Å². The van der Waals surface area contributed by atoms with Crippen LogP contribution in [0.5, 0.6) is 0 Å². The van der Waals surface area contributed by atoms with E-state index < -0.39 is 34.8 Å². The van der Waals surface area contributed by atoms with Crippen molar-refractivity contribution in [3.63, 3.8) is 0 Å². The number of carbonyl (C=O) groups excluding carboxylic acids is 3. The molecule has 0 aliphatic heterocycles. The minimum atomic E-state index is -1.25. The van der Waals surface area contributed by atoms with Crippen LogP contribution in [-0.2, 0) is 40.2 Å². The third-order valence-electron chi connectivity index (χ3n) is 10.3. The summed E-state index contributed by atoms with van der Waals surface area (Å²) in [5.41, 5.74) is 6.51. The van der Waals surface area contributed by atoms with Gasteiger partial charge in [0, 0.05) is 40.3 Å². The number of ether oxygens (including phenoxy) is 4. The molecule has 4 aromatic rings. The summed E-state index contributed by atoms with van der Waals surface area (Å²) < 4.78 is 26.6. The highest BCUT2D eigenvalue weighted by Gasteiger charge is 2.48. The van der Waals surface area contributed by atoms with E-state index in [1.54, 1.807) is 24.3 Å². The lowest BCUT2D eigenvalue weighted by molar-refractivity contribution is -0.216. The molecule has 9 heteroatoms. The predicted octanol–water partition coefficient (Wildman–Crippen LogP) is 10.3. The Morgan fingerprint density at radius 3 is 1.21 bits per heavy atom. The van der Waals surface area contributed by atoms with Gasteiger partial charge in [-0.05, 0) is 60.1 Å². The fourth-order valence-electron chi connectivity index (χ4n) is 7.40. The fourth-order valence-corrected chi connectivity index (χ4v) is 7.40. The largest absolute Gasteiger partial charge is 0.342 e. The van der Waals surface area contributed by atoms with Crippen molar-refractivity contribution < 1.29 is 38.2 Å². The van der Waals surface area contributed by atoms with E-state index in [-0.39, 0.29) is 11.1 Å². The second kappa shape index (κ2) is 18.4. The van der Waals surface area contributed by atoms with E-state index in [2.05, 4.69) is 32.9 Å². The number of nitrogens with zero attached hydrogens (tertiary/aromatic N) is 1. The lowest BCUT2D eigenvalue weighted by Crippen LogP contribution is -2.34. The highest BCUT2D eigenvalue weighted by atomic mass is 16.7. The van der Waals surface area contributed by atoms with E-state index in [4.69, 9.17) is 23.8 Å². The smallest absolute Gasteiger partial charge is 0.332 e. The second-order valence-electron chi connectivity index (χ2n) is 14.3. The molecule has 6 rings (SSSR count). The summed E-state index contributed by atoms with van der Waals surface area (Å²) >= 11 is 0. The maximum Gasteiger partial charge on any atom is 0.332 e. The summed E-state index contributed by atoms with van der Waals surface area (Å²) in [6.07, 6.45) is 7.02. The number of ketones is 2. The predicted molar refractivity (Wildman–Crippen MR) is 217 cm³/mol. The molecule has 4 aromatic carbocycles. The van der Waals surface area contributed by atoms with Gasteiger partial charge in [0.25, 0.3) is 0 Å². The molecule has 9 nitrogen and oxygen atoms in total. The van der Waals surface area contributed by atoms with Gasteiger partial charge in [-0.25, -0.2) is 4.79 Å². The molecule has 2 aliphatic rings. The Morgan fingerprint density at radius 2 is 0.857 bits per heavy atom. The molecule has 0 amide bonds. The number of fused-ring (bicyclic) bond motifs is 6. The molecular formula is C47H53NO8. The second-order valence-corrected chi connectivity index (χ2v) is 14.3. The van der Waals surface area contributed by atoms with Crippen LogP contribution in [-0.4, -0.2) is 49.7 Å². The Kier molecular flexibility index (Phi) is 13.4. The van der Waals surface area contributed by atoms with Crippen molar-refractivity contribution in [3.8, 4) is 22.3 Å². The lowest BCUT2D eigenvalue weighted by Gasteiger charge is -2.32. The summed E-state index contributed by atoms with van der Waals surface area (Å²) in [5, 5.41) is 3.90. The number of carbonyl (C=O) groups is 3. The van der Waals surface area contributed by atoms with Crippen molar-refractivity contribution >= 4 is 23.2 Å². The van der Waals surface area contributed by atoms with Crippen LogP contribution in [0.3, 0.4) is 0 Å². The molecule has 0 spiro atoms. The Balaban J connectivity index is 1.43. The van der Waals surface area contributed by atoms with Crippen molar-refractivity contribution in [2.45, 2.75) is 97.6 Å². The van der Waals surface area contributed by atoms with Gasteiger partial charge in [0.2, 0.25) is 23.1 Å². The number of unbranched alkanes of at least 4 members (excludes halogenated alkanes) is 4. The van der Waals surface area contributed by atoms with Crippen LogP contribution in [0, 0.1) is 0 Å². The third kappa shape index (κ3) is 7.91. The van der Waals surface area contributed by atoms with E-state index in [9.17, 15) is 14.4 Å². The van der Waals surface area contributed by atoms with Crippen molar-refractivity contribution in [1.29, 1.82) is 0 Å². The number of rotatable bonds is 21. The van der Waals surface area contributed by atoms with Gasteiger partial charge in [-0.2, -0.15) is 0 Å². The molecule has 0 unspecified atom stereocenters. The van der Waals surface area contributed by atoms with Gasteiger partial charge < -0.3 is 23.8 Å². The maximum atomic E-state index is 14.6. The van der Waals surface area contributed by atoms with Crippen LogP contribution in [0.4, 0.5) is 0 Å². The summed E-state index contributed by atoms with van der Waals surface area (Å²) in [6, 6.07) is 26.3. The molecule has 0 saturated carbocycles. The first-order chi connectivity index (χ1) is 27.3. The molecule has 294 valence electrons. The van der Waals surface area contributed by atoms with Gasteiger partial charge in [-0.1, -0.05) is 131 Å². The Labute approximate surface area is 330 Å². The van der Waals surface area contributed by atoms with Crippen LogP contribution < -0.4 is 0 Å². The third-order valence-corrected chi connectivity index (χ3v) is 10.3. The first-order valence-corrected chi connectivity index (χ1v) is 20.2. The van der Waals surface area contributed by atoms with Gasteiger partial charge in [0.05, 0.1) is 26.4 Å². The molecule has 0 heterocycles. The Bertz CT molecular complexity index is 1930. The van der Waals surface area contributed by atoms with Gasteiger partial charge in [-0.15, -0.1) is 0 Å². The summed E-state index contributed by atoms with van der Waals surface area (Å²) in [4.78, 5) is 46.3. The van der Waals surface area contributed by atoms with Crippen molar-refractivity contribution in [3.05, 3.63) is 118 Å². The lowest BCUT2D eigenvalue weighted by atomic mass is 9.93. The molecule has 2 aliphatic carbocycles. The quantitative estimate of drug-likeness (QED) is 0.0157. The van der Waals surface area contributed by atoms with E-state index in [1.807, 2.05) is 60.7 Å². The molecule has 0 atom stereocenters. The average Bonchev–Trinajstić information content (AvgIpc) is 3.64. The fraction of sp³-hybridized carbons (Fsp3) is 0.404. The molecule has 0 bridgehead atoms. The Morgan fingerprint density at radius 1 is 0.500 bits per heavy atom. The van der Waals surface area contributed by atoms with Crippen LogP contribution in [0.25, 0.3) is 22.3 Å². The first-order valence-electron chi connectivity index (χ1n) is 20.2. The highest BCUT2D eigenvalue weighted by Crippen LogP contribution is 2.52. The van der Waals surface area contributed by atoms with Gasteiger partial charge in [0.1, 0.15) is 0 Å². The molecule has 0 saturated heterocycles. The summed E-state index contributed by atoms with van der Waals surface area (Å²) in [7, 11) is 0. The van der Waals surface area contributed by atoms with Gasteiger partial charge >= 0.3 is 5.97 Å². The molecule has 0 aromatic heterocycles. The normalized spacial score (nSPS) is 14.0. The maximum absolute atomic E-state index is 14.6. The molecular weight excluding hydrogens is 707 g/mol. The summed E-state index contributed by atoms with van der Waals surface area (Å²) in [6.45, 7) is 11.3. The number of Topliss-reactive ketones (excluding diaryl/α,β-unsaturated/α-hetero) is 2. The zero-order valence-electron chi connectivity index (χ0n) is 33.3. The summed E-state index contributed by atoms with van der Waals surface area (Å²) in [5.74, 6) is -4.69. The average molecular weight is 760 g/mol. The minimum absolute atomic E-state index is 0.173. The number of benzene rings is 4. The van der Waals surface area contributed by atoms with E-state index in [0.29, 0.717) is 37.6 Å². The van der Waals surface area contributed by atoms with Crippen LogP contribution in [0.15, 0.2) is 90.1 Å². The number of oxime groups is 1. The SMILES string of the molecule is CCCCOC1(OCCCC)c2ccccc2-c2ccc(C(=O)C(=NOC(C)=O)C(=O)c3ccc4c(c3)C(OCCCC)(OCCCC)c3ccccc3-4)cc21. The van der Waals surface area contributed by atoms with Gasteiger partial charge in [-0.3, -0.25) is 9.59 Å². The van der Waals surface area contributed by atoms with Gasteiger partial charge in [0.15, 0.2) is 5.71 Å². The molecule has 56 heavy (non-hydrogen) atoms. The van der Waals surface area contributed by atoms with E-state index in [0.717, 1.165) is 84.7 Å². The topological polar surface area (TPSA) is 110 Å². The van der Waals surface area contributed by atoms with E-state index in [1.165, 1.54) is 6.92 Å². The van der Waals surface area contributed by atoms with Crippen molar-refractivity contribution in [1.82, 2.24) is 0 Å². The first kappa shape index (κ1) is 40.9.